The minimum Gasteiger partial charge on any atom is -0.494 e. The number of rotatable bonds is 3. The van der Waals surface area contributed by atoms with E-state index in [1.54, 1.807) is 6.07 Å². The molecule has 0 aliphatic heterocycles. The van der Waals surface area contributed by atoms with Gasteiger partial charge >= 0.3 is 0 Å². The fraction of sp³-hybridized carbons (Fsp3) is 0.167. The third-order valence-corrected chi connectivity index (χ3v) is 4.93. The van der Waals surface area contributed by atoms with E-state index in [1.807, 2.05) is 18.2 Å². The number of halogens is 3. The first-order chi connectivity index (χ1) is 8.11. The Morgan fingerprint density at radius 3 is 2.65 bits per heavy atom. The molecule has 0 bridgehead atoms. The van der Waals surface area contributed by atoms with E-state index in [-0.39, 0.29) is 16.4 Å². The zero-order chi connectivity index (χ0) is 12.4. The molecule has 0 aliphatic rings. The van der Waals surface area contributed by atoms with Crippen LogP contribution in [0.15, 0.2) is 30.3 Å². The fourth-order valence-corrected chi connectivity index (χ4v) is 3.25. The quantitative estimate of drug-likeness (QED) is 0.715. The normalized spacial score (nSPS) is 12.5. The van der Waals surface area contributed by atoms with Crippen LogP contribution in [0.5, 0.6) is 5.75 Å². The predicted octanol–water partition coefficient (Wildman–Crippen LogP) is 5.03. The first-order valence-electron chi connectivity index (χ1n) is 4.84. The highest BCUT2D eigenvalue weighted by atomic mass is 79.9. The Balaban J connectivity index is 2.31. The summed E-state index contributed by atoms with van der Waals surface area (Å²) in [4.78, 5) is 0.986. The van der Waals surface area contributed by atoms with Crippen molar-refractivity contribution in [1.29, 1.82) is 0 Å². The summed E-state index contributed by atoms with van der Waals surface area (Å²) < 4.78 is 19.2. The highest BCUT2D eigenvalue weighted by molar-refractivity contribution is 9.09. The summed E-state index contributed by atoms with van der Waals surface area (Å²) >= 11 is 10.9. The van der Waals surface area contributed by atoms with E-state index < -0.39 is 0 Å². The van der Waals surface area contributed by atoms with Gasteiger partial charge in [0.2, 0.25) is 0 Å². The summed E-state index contributed by atoms with van der Waals surface area (Å²) in [6, 6.07) is 8.67. The second-order valence-corrected chi connectivity index (χ2v) is 6.06. The standard InChI is InChI=1S/C12H9BrClFOS/c1-16-9-3-2-7(6-8(9)15)12(13)10-4-5-11(14)17-10/h2-6,12H,1H3. The van der Waals surface area contributed by atoms with Crippen molar-refractivity contribution in [2.75, 3.05) is 7.11 Å². The Kier molecular flexibility index (Phi) is 4.07. The van der Waals surface area contributed by atoms with Crippen LogP contribution in [0, 0.1) is 5.82 Å². The minimum absolute atomic E-state index is 0.0552. The average Bonchev–Trinajstić information content (AvgIpc) is 2.75. The smallest absolute Gasteiger partial charge is 0.165 e. The van der Waals surface area contributed by atoms with Crippen molar-refractivity contribution in [2.45, 2.75) is 4.83 Å². The summed E-state index contributed by atoms with van der Waals surface area (Å²) in [6.07, 6.45) is 0. The van der Waals surface area contributed by atoms with E-state index in [0.29, 0.717) is 0 Å². The van der Waals surface area contributed by atoms with Crippen LogP contribution in [0.25, 0.3) is 0 Å². The third kappa shape index (κ3) is 2.81. The van der Waals surface area contributed by atoms with E-state index in [9.17, 15) is 4.39 Å². The minimum atomic E-state index is -0.364. The molecule has 1 aromatic heterocycles. The lowest BCUT2D eigenvalue weighted by Crippen LogP contribution is -1.93. The lowest BCUT2D eigenvalue weighted by atomic mass is 10.1. The van der Waals surface area contributed by atoms with Gasteiger partial charge in [0, 0.05) is 4.88 Å². The topological polar surface area (TPSA) is 9.23 Å². The van der Waals surface area contributed by atoms with Crippen molar-refractivity contribution in [1.82, 2.24) is 0 Å². The van der Waals surface area contributed by atoms with Gasteiger partial charge in [-0.15, -0.1) is 11.3 Å². The van der Waals surface area contributed by atoms with Crippen LogP contribution in [-0.4, -0.2) is 7.11 Å². The molecule has 2 rings (SSSR count). The predicted molar refractivity (Wildman–Crippen MR) is 73.1 cm³/mol. The first kappa shape index (κ1) is 12.9. The molecule has 2 aromatic rings. The van der Waals surface area contributed by atoms with Crippen molar-refractivity contribution in [2.24, 2.45) is 0 Å². The Labute approximate surface area is 116 Å². The number of thiophene rings is 1. The highest BCUT2D eigenvalue weighted by Gasteiger charge is 2.14. The van der Waals surface area contributed by atoms with Crippen molar-refractivity contribution in [3.63, 3.8) is 0 Å². The second-order valence-electron chi connectivity index (χ2n) is 3.40. The zero-order valence-electron chi connectivity index (χ0n) is 8.91. The molecule has 17 heavy (non-hydrogen) atoms. The number of hydrogen-bond donors (Lipinski definition) is 0. The summed E-state index contributed by atoms with van der Waals surface area (Å²) in [7, 11) is 1.45. The number of benzene rings is 1. The number of ether oxygens (including phenoxy) is 1. The zero-order valence-corrected chi connectivity index (χ0v) is 12.1. The first-order valence-corrected chi connectivity index (χ1v) is 6.95. The molecule has 1 unspecified atom stereocenters. The molecule has 1 atom stereocenters. The van der Waals surface area contributed by atoms with E-state index in [4.69, 9.17) is 16.3 Å². The van der Waals surface area contributed by atoms with Gasteiger partial charge in [0.05, 0.1) is 16.3 Å². The van der Waals surface area contributed by atoms with Gasteiger partial charge in [-0.25, -0.2) is 4.39 Å². The lowest BCUT2D eigenvalue weighted by Gasteiger charge is -2.09. The van der Waals surface area contributed by atoms with E-state index in [1.165, 1.54) is 24.5 Å². The molecule has 1 nitrogen and oxygen atoms in total. The van der Waals surface area contributed by atoms with Gasteiger partial charge in [0.15, 0.2) is 11.6 Å². The second kappa shape index (κ2) is 5.38. The number of methoxy groups -OCH3 is 1. The molecule has 1 aromatic carbocycles. The van der Waals surface area contributed by atoms with E-state index in [2.05, 4.69) is 15.9 Å². The summed E-state index contributed by atoms with van der Waals surface area (Å²) in [5.41, 5.74) is 0.835. The maximum absolute atomic E-state index is 13.6. The van der Waals surface area contributed by atoms with Crippen LogP contribution in [0.1, 0.15) is 15.3 Å². The van der Waals surface area contributed by atoms with Crippen molar-refractivity contribution >= 4 is 38.9 Å². The molecule has 0 fully saturated rings. The molecule has 0 saturated heterocycles. The molecule has 0 saturated carbocycles. The van der Waals surface area contributed by atoms with Gasteiger partial charge in [-0.1, -0.05) is 33.6 Å². The van der Waals surface area contributed by atoms with Crippen molar-refractivity contribution in [3.05, 3.63) is 50.9 Å². The molecule has 0 spiro atoms. The molecular formula is C12H9BrClFOS. The maximum Gasteiger partial charge on any atom is 0.165 e. The molecule has 0 aliphatic carbocycles. The molecule has 0 amide bonds. The Bertz CT molecular complexity index is 529. The van der Waals surface area contributed by atoms with E-state index >= 15 is 0 Å². The van der Waals surface area contributed by atoms with Crippen molar-refractivity contribution < 1.29 is 9.13 Å². The Hall–Kier alpha value is -0.580. The van der Waals surface area contributed by atoms with Gasteiger partial charge in [-0.2, -0.15) is 0 Å². The molecular weight excluding hydrogens is 327 g/mol. The molecule has 90 valence electrons. The van der Waals surface area contributed by atoms with Crippen LogP contribution in [-0.2, 0) is 0 Å². The largest absolute Gasteiger partial charge is 0.494 e. The summed E-state index contributed by atoms with van der Waals surface area (Å²) in [5, 5.41) is 0. The van der Waals surface area contributed by atoms with Crippen LogP contribution in [0.3, 0.4) is 0 Å². The van der Waals surface area contributed by atoms with Gasteiger partial charge in [0.25, 0.3) is 0 Å². The summed E-state index contributed by atoms with van der Waals surface area (Å²) in [5.74, 6) is -0.116. The monoisotopic (exact) mass is 334 g/mol. The Morgan fingerprint density at radius 1 is 1.35 bits per heavy atom. The molecule has 1 heterocycles. The number of alkyl halides is 1. The molecule has 0 radical (unpaired) electrons. The Morgan fingerprint density at radius 2 is 2.12 bits per heavy atom. The SMILES string of the molecule is COc1ccc(C(Br)c2ccc(Cl)s2)cc1F. The van der Waals surface area contributed by atoms with Crippen LogP contribution in [0.4, 0.5) is 4.39 Å². The van der Waals surface area contributed by atoms with Gasteiger partial charge in [-0.05, 0) is 29.8 Å². The van der Waals surface area contributed by atoms with E-state index in [0.717, 1.165) is 14.8 Å². The van der Waals surface area contributed by atoms with Crippen LogP contribution < -0.4 is 4.74 Å². The third-order valence-electron chi connectivity index (χ3n) is 2.31. The molecule has 5 heteroatoms. The fourth-order valence-electron chi connectivity index (χ4n) is 1.47. The maximum atomic E-state index is 13.6. The van der Waals surface area contributed by atoms with Crippen molar-refractivity contribution in [3.8, 4) is 5.75 Å². The summed E-state index contributed by atoms with van der Waals surface area (Å²) in [6.45, 7) is 0. The van der Waals surface area contributed by atoms with Gasteiger partial charge in [0.1, 0.15) is 0 Å². The van der Waals surface area contributed by atoms with Gasteiger partial charge in [-0.3, -0.25) is 0 Å². The highest BCUT2D eigenvalue weighted by Crippen LogP contribution is 2.37. The van der Waals surface area contributed by atoms with Crippen LogP contribution >= 0.6 is 38.9 Å². The average molecular weight is 336 g/mol. The van der Waals surface area contributed by atoms with Gasteiger partial charge < -0.3 is 4.74 Å². The number of hydrogen-bond acceptors (Lipinski definition) is 2. The lowest BCUT2D eigenvalue weighted by molar-refractivity contribution is 0.386. The molecule has 0 N–H and O–H groups in total. The van der Waals surface area contributed by atoms with Crippen LogP contribution in [0.2, 0.25) is 4.34 Å².